The number of nitrogens with zero attached hydrogens (tertiary/aromatic N) is 2. The van der Waals surface area contributed by atoms with Crippen LogP contribution in [0.4, 0.5) is 5.69 Å². The fourth-order valence-corrected chi connectivity index (χ4v) is 3.77. The molecule has 4 aromatic rings. The van der Waals surface area contributed by atoms with Crippen LogP contribution in [0.15, 0.2) is 90.6 Å². The molecule has 34 heavy (non-hydrogen) atoms. The number of esters is 1. The van der Waals surface area contributed by atoms with Gasteiger partial charge in [-0.1, -0.05) is 60.7 Å². The Morgan fingerprint density at radius 2 is 1.71 bits per heavy atom. The molecule has 0 saturated carbocycles. The lowest BCUT2D eigenvalue weighted by atomic mass is 10.1. The highest BCUT2D eigenvalue weighted by atomic mass is 16.5. The van der Waals surface area contributed by atoms with Crippen molar-refractivity contribution < 1.29 is 14.3 Å². The molecule has 0 bridgehead atoms. The Kier molecular flexibility index (Phi) is 6.85. The molecule has 0 unspecified atom stereocenters. The average molecular weight is 450 g/mol. The minimum absolute atomic E-state index is 0.0683. The summed E-state index contributed by atoms with van der Waals surface area (Å²) in [6.07, 6.45) is 3.51. The molecular formula is C28H23N3O3. The van der Waals surface area contributed by atoms with E-state index in [0.717, 1.165) is 22.0 Å². The minimum Gasteiger partial charge on any atom is -0.462 e. The molecule has 0 aliphatic heterocycles. The average Bonchev–Trinajstić information content (AvgIpc) is 3.20. The first kappa shape index (κ1) is 22.6. The Labute approximate surface area is 197 Å². The Hall–Kier alpha value is -4.63. The summed E-state index contributed by atoms with van der Waals surface area (Å²) < 4.78 is 7.16. The minimum atomic E-state index is -0.598. The van der Waals surface area contributed by atoms with E-state index in [1.54, 1.807) is 37.3 Å². The van der Waals surface area contributed by atoms with E-state index in [9.17, 15) is 14.9 Å². The molecule has 3 aromatic carbocycles. The van der Waals surface area contributed by atoms with Crippen LogP contribution < -0.4 is 5.32 Å². The zero-order valence-electron chi connectivity index (χ0n) is 18.7. The number of rotatable bonds is 7. The van der Waals surface area contributed by atoms with Gasteiger partial charge in [-0.2, -0.15) is 5.26 Å². The number of nitrogens with one attached hydrogen (secondary N) is 1. The number of para-hydroxylation sites is 2. The van der Waals surface area contributed by atoms with E-state index in [0.29, 0.717) is 12.2 Å². The molecule has 1 aromatic heterocycles. The van der Waals surface area contributed by atoms with Gasteiger partial charge in [-0.15, -0.1) is 0 Å². The van der Waals surface area contributed by atoms with E-state index >= 15 is 0 Å². The zero-order chi connectivity index (χ0) is 23.9. The number of anilines is 1. The number of hydrogen-bond acceptors (Lipinski definition) is 4. The predicted molar refractivity (Wildman–Crippen MR) is 132 cm³/mol. The zero-order valence-corrected chi connectivity index (χ0v) is 18.7. The second-order valence-corrected chi connectivity index (χ2v) is 7.61. The maximum atomic E-state index is 13.0. The van der Waals surface area contributed by atoms with E-state index in [2.05, 4.69) is 22.0 Å². The lowest BCUT2D eigenvalue weighted by Crippen LogP contribution is -2.17. The third kappa shape index (κ3) is 4.89. The third-order valence-electron chi connectivity index (χ3n) is 5.35. The normalized spacial score (nSPS) is 11.1. The number of aromatic nitrogens is 1. The molecule has 6 heteroatoms. The fourth-order valence-electron chi connectivity index (χ4n) is 3.77. The highest BCUT2D eigenvalue weighted by Crippen LogP contribution is 2.25. The van der Waals surface area contributed by atoms with E-state index in [-0.39, 0.29) is 17.7 Å². The van der Waals surface area contributed by atoms with Crippen LogP contribution in [0, 0.1) is 11.3 Å². The number of ether oxygens (including phenoxy) is 1. The monoisotopic (exact) mass is 449 g/mol. The molecule has 0 spiro atoms. The van der Waals surface area contributed by atoms with Crippen LogP contribution in [0.5, 0.6) is 0 Å². The Morgan fingerprint density at radius 1 is 1.00 bits per heavy atom. The van der Waals surface area contributed by atoms with Gasteiger partial charge in [0.2, 0.25) is 0 Å². The molecule has 0 radical (unpaired) electrons. The number of carbonyl (C=O) groups is 2. The van der Waals surface area contributed by atoms with Crippen molar-refractivity contribution >= 4 is 34.5 Å². The number of carbonyl (C=O) groups excluding carboxylic acids is 2. The van der Waals surface area contributed by atoms with Crippen molar-refractivity contribution in [2.45, 2.75) is 13.5 Å². The molecule has 1 amide bonds. The van der Waals surface area contributed by atoms with Crippen molar-refractivity contribution in [1.29, 1.82) is 5.26 Å². The Bertz CT molecular complexity index is 1410. The molecule has 0 atom stereocenters. The predicted octanol–water partition coefficient (Wildman–Crippen LogP) is 5.41. The van der Waals surface area contributed by atoms with Crippen molar-refractivity contribution in [3.05, 3.63) is 107 Å². The van der Waals surface area contributed by atoms with Gasteiger partial charge in [0.05, 0.1) is 17.9 Å². The maximum absolute atomic E-state index is 13.0. The lowest BCUT2D eigenvalue weighted by Gasteiger charge is -2.09. The quantitative estimate of drug-likeness (QED) is 0.232. The van der Waals surface area contributed by atoms with Crippen molar-refractivity contribution in [2.75, 3.05) is 11.9 Å². The van der Waals surface area contributed by atoms with Gasteiger partial charge in [0.15, 0.2) is 0 Å². The van der Waals surface area contributed by atoms with Crippen molar-refractivity contribution in [3.63, 3.8) is 0 Å². The van der Waals surface area contributed by atoms with Crippen LogP contribution in [0.1, 0.15) is 28.4 Å². The molecule has 1 N–H and O–H groups in total. The van der Waals surface area contributed by atoms with Crippen molar-refractivity contribution in [1.82, 2.24) is 4.57 Å². The van der Waals surface area contributed by atoms with Gasteiger partial charge < -0.3 is 14.6 Å². The van der Waals surface area contributed by atoms with Crippen LogP contribution in [-0.2, 0) is 16.1 Å². The number of nitriles is 1. The summed E-state index contributed by atoms with van der Waals surface area (Å²) in [5, 5.41) is 13.3. The summed E-state index contributed by atoms with van der Waals surface area (Å²) >= 11 is 0. The SMILES string of the molecule is CCOC(=O)c1ccccc1NC(=O)C(C#N)=Cc1cn(Cc2ccccc2)c2ccccc12. The summed E-state index contributed by atoms with van der Waals surface area (Å²) in [7, 11) is 0. The molecule has 0 saturated heterocycles. The van der Waals surface area contributed by atoms with Crippen LogP contribution in [0.2, 0.25) is 0 Å². The number of benzene rings is 3. The van der Waals surface area contributed by atoms with Gasteiger partial charge in [0, 0.05) is 29.2 Å². The van der Waals surface area contributed by atoms with E-state index in [4.69, 9.17) is 4.74 Å². The Balaban J connectivity index is 1.66. The third-order valence-corrected chi connectivity index (χ3v) is 5.35. The summed E-state index contributed by atoms with van der Waals surface area (Å²) in [4.78, 5) is 25.2. The van der Waals surface area contributed by atoms with Crippen LogP contribution in [0.25, 0.3) is 17.0 Å². The summed E-state index contributed by atoms with van der Waals surface area (Å²) in [6, 6.07) is 26.5. The van der Waals surface area contributed by atoms with Gasteiger partial charge in [-0.25, -0.2) is 4.79 Å². The van der Waals surface area contributed by atoms with E-state index < -0.39 is 11.9 Å². The fraction of sp³-hybridized carbons (Fsp3) is 0.107. The van der Waals surface area contributed by atoms with Crippen molar-refractivity contribution in [2.24, 2.45) is 0 Å². The Morgan fingerprint density at radius 3 is 2.47 bits per heavy atom. The van der Waals surface area contributed by atoms with E-state index in [1.807, 2.05) is 54.7 Å². The molecular weight excluding hydrogens is 426 g/mol. The topological polar surface area (TPSA) is 84.1 Å². The van der Waals surface area contributed by atoms with Crippen molar-refractivity contribution in [3.8, 4) is 6.07 Å². The first-order valence-corrected chi connectivity index (χ1v) is 10.9. The maximum Gasteiger partial charge on any atom is 0.340 e. The molecule has 4 rings (SSSR count). The van der Waals surface area contributed by atoms with Crippen LogP contribution >= 0.6 is 0 Å². The summed E-state index contributed by atoms with van der Waals surface area (Å²) in [6.45, 7) is 2.59. The second-order valence-electron chi connectivity index (χ2n) is 7.61. The molecule has 0 aliphatic carbocycles. The number of amides is 1. The van der Waals surface area contributed by atoms with Gasteiger partial charge in [0.25, 0.3) is 5.91 Å². The van der Waals surface area contributed by atoms with Crippen LogP contribution in [-0.4, -0.2) is 23.1 Å². The highest BCUT2D eigenvalue weighted by Gasteiger charge is 2.17. The molecule has 168 valence electrons. The largest absolute Gasteiger partial charge is 0.462 e. The lowest BCUT2D eigenvalue weighted by molar-refractivity contribution is -0.112. The first-order chi connectivity index (χ1) is 16.6. The summed E-state index contributed by atoms with van der Waals surface area (Å²) in [5.41, 5.74) is 3.36. The first-order valence-electron chi connectivity index (χ1n) is 10.9. The standard InChI is InChI=1S/C28H23N3O3/c1-2-34-28(33)24-13-6-8-14-25(24)30-27(32)21(17-29)16-22-19-31(18-20-10-4-3-5-11-20)26-15-9-7-12-23(22)26/h3-16,19H,2,18H2,1H3,(H,30,32). The second kappa shape index (κ2) is 10.3. The van der Waals surface area contributed by atoms with Crippen LogP contribution in [0.3, 0.4) is 0 Å². The van der Waals surface area contributed by atoms with E-state index in [1.165, 1.54) is 0 Å². The highest BCUT2D eigenvalue weighted by molar-refractivity contribution is 6.12. The molecule has 0 aliphatic rings. The van der Waals surface area contributed by atoms with Gasteiger partial charge in [-0.05, 0) is 36.8 Å². The number of fused-ring (bicyclic) bond motifs is 1. The summed E-state index contributed by atoms with van der Waals surface area (Å²) in [5.74, 6) is -1.14. The number of hydrogen-bond donors (Lipinski definition) is 1. The van der Waals surface area contributed by atoms with Gasteiger partial charge in [-0.3, -0.25) is 4.79 Å². The molecule has 6 nitrogen and oxygen atoms in total. The van der Waals surface area contributed by atoms with Gasteiger partial charge >= 0.3 is 5.97 Å². The molecule has 1 heterocycles. The smallest absolute Gasteiger partial charge is 0.340 e. The molecule has 0 fully saturated rings. The van der Waals surface area contributed by atoms with Gasteiger partial charge in [0.1, 0.15) is 11.6 Å².